The van der Waals surface area contributed by atoms with Gasteiger partial charge in [-0.1, -0.05) is 25.8 Å². The van der Waals surface area contributed by atoms with Gasteiger partial charge in [-0.3, -0.25) is 4.98 Å². The van der Waals surface area contributed by atoms with Gasteiger partial charge < -0.3 is 5.11 Å². The fraction of sp³-hybridized carbons (Fsp3) is 0.583. The van der Waals surface area contributed by atoms with Crippen LogP contribution in [0, 0.1) is 5.92 Å². The summed E-state index contributed by atoms with van der Waals surface area (Å²) in [6.45, 7) is 2.10. The van der Waals surface area contributed by atoms with Gasteiger partial charge in [-0.05, 0) is 30.4 Å². The van der Waals surface area contributed by atoms with Gasteiger partial charge in [0.05, 0.1) is 11.8 Å². The molecule has 2 rings (SSSR count). The zero-order chi connectivity index (χ0) is 9.97. The van der Waals surface area contributed by atoms with Gasteiger partial charge in [-0.15, -0.1) is 0 Å². The van der Waals surface area contributed by atoms with E-state index in [0.717, 1.165) is 24.5 Å². The minimum absolute atomic E-state index is 0.348. The first kappa shape index (κ1) is 9.66. The van der Waals surface area contributed by atoms with Crippen LogP contribution in [0.4, 0.5) is 0 Å². The molecule has 0 bridgehead atoms. The first-order valence-electron chi connectivity index (χ1n) is 5.43. The van der Waals surface area contributed by atoms with E-state index in [0.29, 0.717) is 0 Å². The van der Waals surface area contributed by atoms with Crippen LogP contribution in [-0.4, -0.2) is 10.1 Å². The van der Waals surface area contributed by atoms with Crippen molar-refractivity contribution in [2.45, 2.75) is 38.7 Å². The normalized spacial score (nSPS) is 18.1. The van der Waals surface area contributed by atoms with Gasteiger partial charge in [0.25, 0.3) is 0 Å². The molecule has 0 aromatic carbocycles. The van der Waals surface area contributed by atoms with E-state index in [4.69, 9.17) is 0 Å². The molecule has 1 aromatic rings. The van der Waals surface area contributed by atoms with Gasteiger partial charge >= 0.3 is 0 Å². The fourth-order valence-electron chi connectivity index (χ4n) is 1.83. The smallest absolute Gasteiger partial charge is 0.0965 e. The Labute approximate surface area is 85.0 Å². The minimum Gasteiger partial charge on any atom is -0.387 e. The molecule has 1 aliphatic carbocycles. The lowest BCUT2D eigenvalue weighted by atomic mass is 10.0. The molecule has 0 amide bonds. The van der Waals surface area contributed by atoms with Crippen LogP contribution in [0.5, 0.6) is 0 Å². The number of hydrogen-bond donors (Lipinski definition) is 1. The lowest BCUT2D eigenvalue weighted by Gasteiger charge is -2.12. The molecule has 0 saturated heterocycles. The molecular formula is C12H17NO. The summed E-state index contributed by atoms with van der Waals surface area (Å²) in [6, 6.07) is 3.99. The molecule has 0 spiro atoms. The third-order valence-electron chi connectivity index (χ3n) is 2.88. The standard InChI is InChI=1S/C12H17NO/c1-2-10-4-3-7-13-12(10)11(14)8-9-5-6-9/h3-4,7,9,11,14H,2,5-6,8H2,1H3. The second kappa shape index (κ2) is 4.09. The third kappa shape index (κ3) is 2.13. The van der Waals surface area contributed by atoms with Gasteiger partial charge in [-0.25, -0.2) is 0 Å². The average Bonchev–Trinajstić information content (AvgIpc) is 3.01. The van der Waals surface area contributed by atoms with Gasteiger partial charge in [0, 0.05) is 6.20 Å². The summed E-state index contributed by atoms with van der Waals surface area (Å²) < 4.78 is 0. The number of hydrogen-bond acceptors (Lipinski definition) is 2. The second-order valence-electron chi connectivity index (χ2n) is 4.10. The summed E-state index contributed by atoms with van der Waals surface area (Å²) in [7, 11) is 0. The Balaban J connectivity index is 2.11. The monoisotopic (exact) mass is 191 g/mol. The summed E-state index contributed by atoms with van der Waals surface area (Å²) in [6.07, 6.45) is 5.83. The van der Waals surface area contributed by atoms with Crippen molar-refractivity contribution >= 4 is 0 Å². The summed E-state index contributed by atoms with van der Waals surface area (Å²) >= 11 is 0. The van der Waals surface area contributed by atoms with Crippen LogP contribution in [0.3, 0.4) is 0 Å². The van der Waals surface area contributed by atoms with E-state index in [1.807, 2.05) is 6.07 Å². The summed E-state index contributed by atoms with van der Waals surface area (Å²) in [5.74, 6) is 0.747. The topological polar surface area (TPSA) is 33.1 Å². The van der Waals surface area contributed by atoms with Gasteiger partial charge in [0.2, 0.25) is 0 Å². The Morgan fingerprint density at radius 3 is 3.00 bits per heavy atom. The highest BCUT2D eigenvalue weighted by Gasteiger charge is 2.26. The molecule has 1 atom stereocenters. The van der Waals surface area contributed by atoms with E-state index < -0.39 is 0 Å². The molecule has 0 radical (unpaired) electrons. The SMILES string of the molecule is CCc1cccnc1C(O)CC1CC1. The highest BCUT2D eigenvalue weighted by atomic mass is 16.3. The quantitative estimate of drug-likeness (QED) is 0.793. The first-order valence-corrected chi connectivity index (χ1v) is 5.43. The number of aliphatic hydroxyl groups is 1. The molecule has 14 heavy (non-hydrogen) atoms. The van der Waals surface area contributed by atoms with E-state index >= 15 is 0 Å². The summed E-state index contributed by atoms with van der Waals surface area (Å²) in [5, 5.41) is 9.98. The van der Waals surface area contributed by atoms with E-state index in [-0.39, 0.29) is 6.10 Å². The maximum atomic E-state index is 9.98. The minimum atomic E-state index is -0.348. The lowest BCUT2D eigenvalue weighted by Crippen LogP contribution is -2.05. The summed E-state index contributed by atoms with van der Waals surface area (Å²) in [5.41, 5.74) is 2.07. The maximum Gasteiger partial charge on any atom is 0.0965 e. The Bertz CT molecular complexity index is 307. The van der Waals surface area contributed by atoms with Crippen molar-refractivity contribution in [3.8, 4) is 0 Å². The predicted octanol–water partition coefficient (Wildman–Crippen LogP) is 2.48. The van der Waals surface area contributed by atoms with Crippen LogP contribution >= 0.6 is 0 Å². The van der Waals surface area contributed by atoms with Crippen LogP contribution in [0.25, 0.3) is 0 Å². The first-order chi connectivity index (χ1) is 6.81. The number of rotatable bonds is 4. The van der Waals surface area contributed by atoms with Crippen LogP contribution < -0.4 is 0 Å². The number of pyridine rings is 1. The van der Waals surface area contributed by atoms with E-state index in [1.165, 1.54) is 18.4 Å². The molecule has 1 saturated carbocycles. The number of aryl methyl sites for hydroxylation is 1. The molecule has 2 nitrogen and oxygen atoms in total. The maximum absolute atomic E-state index is 9.98. The molecule has 1 unspecified atom stereocenters. The summed E-state index contributed by atoms with van der Waals surface area (Å²) in [4.78, 5) is 4.28. The molecule has 1 heterocycles. The molecule has 1 fully saturated rings. The van der Waals surface area contributed by atoms with E-state index in [2.05, 4.69) is 18.0 Å². The Kier molecular flexibility index (Phi) is 2.82. The molecular weight excluding hydrogens is 174 g/mol. The van der Waals surface area contributed by atoms with Crippen LogP contribution in [0.1, 0.15) is 43.5 Å². The Morgan fingerprint density at radius 2 is 2.36 bits per heavy atom. The van der Waals surface area contributed by atoms with Crippen molar-refractivity contribution in [1.82, 2.24) is 4.98 Å². The van der Waals surface area contributed by atoms with Crippen molar-refractivity contribution in [3.63, 3.8) is 0 Å². The zero-order valence-electron chi connectivity index (χ0n) is 8.61. The van der Waals surface area contributed by atoms with Crippen molar-refractivity contribution in [1.29, 1.82) is 0 Å². The van der Waals surface area contributed by atoms with Gasteiger partial charge in [0.15, 0.2) is 0 Å². The largest absolute Gasteiger partial charge is 0.387 e. The second-order valence-corrected chi connectivity index (χ2v) is 4.10. The van der Waals surface area contributed by atoms with Gasteiger partial charge in [-0.2, -0.15) is 0 Å². The van der Waals surface area contributed by atoms with Crippen molar-refractivity contribution < 1.29 is 5.11 Å². The number of aromatic nitrogens is 1. The van der Waals surface area contributed by atoms with Crippen molar-refractivity contribution in [3.05, 3.63) is 29.6 Å². The van der Waals surface area contributed by atoms with Crippen molar-refractivity contribution in [2.75, 3.05) is 0 Å². The highest BCUT2D eigenvalue weighted by molar-refractivity contribution is 5.21. The van der Waals surface area contributed by atoms with Crippen LogP contribution in [-0.2, 0) is 6.42 Å². The molecule has 1 N–H and O–H groups in total. The lowest BCUT2D eigenvalue weighted by molar-refractivity contribution is 0.154. The molecule has 2 heteroatoms. The number of nitrogens with zero attached hydrogens (tertiary/aromatic N) is 1. The molecule has 1 aromatic heterocycles. The average molecular weight is 191 g/mol. The third-order valence-corrected chi connectivity index (χ3v) is 2.88. The highest BCUT2D eigenvalue weighted by Crippen LogP contribution is 2.37. The number of aliphatic hydroxyl groups excluding tert-OH is 1. The molecule has 76 valence electrons. The van der Waals surface area contributed by atoms with Gasteiger partial charge in [0.1, 0.15) is 0 Å². The fourth-order valence-corrected chi connectivity index (χ4v) is 1.83. The zero-order valence-corrected chi connectivity index (χ0v) is 8.61. The molecule has 0 aliphatic heterocycles. The Morgan fingerprint density at radius 1 is 1.57 bits per heavy atom. The van der Waals surface area contributed by atoms with E-state index in [1.54, 1.807) is 6.20 Å². The van der Waals surface area contributed by atoms with Crippen LogP contribution in [0.2, 0.25) is 0 Å². The Hall–Kier alpha value is -0.890. The molecule has 1 aliphatic rings. The van der Waals surface area contributed by atoms with Crippen LogP contribution in [0.15, 0.2) is 18.3 Å². The van der Waals surface area contributed by atoms with Crippen molar-refractivity contribution in [2.24, 2.45) is 5.92 Å². The van der Waals surface area contributed by atoms with E-state index in [9.17, 15) is 5.11 Å². The predicted molar refractivity (Wildman–Crippen MR) is 55.9 cm³/mol.